The van der Waals surface area contributed by atoms with Crippen molar-refractivity contribution in [2.75, 3.05) is 20.1 Å². The van der Waals surface area contributed by atoms with E-state index in [1.165, 1.54) is 0 Å². The van der Waals surface area contributed by atoms with Crippen LogP contribution >= 0.6 is 11.6 Å². The van der Waals surface area contributed by atoms with Gasteiger partial charge >= 0.3 is 0 Å². The van der Waals surface area contributed by atoms with Gasteiger partial charge in [-0.25, -0.2) is 0 Å². The zero-order chi connectivity index (χ0) is 14.8. The van der Waals surface area contributed by atoms with E-state index in [2.05, 4.69) is 20.9 Å². The maximum Gasteiger partial charge on any atom is 0.239 e. The van der Waals surface area contributed by atoms with E-state index in [1.54, 1.807) is 7.05 Å². The van der Waals surface area contributed by atoms with Crippen molar-refractivity contribution in [2.24, 2.45) is 4.99 Å². The second kappa shape index (κ2) is 9.20. The van der Waals surface area contributed by atoms with Gasteiger partial charge in [0.1, 0.15) is 0 Å². The Morgan fingerprint density at radius 1 is 1.25 bits per heavy atom. The van der Waals surface area contributed by atoms with Gasteiger partial charge in [0.15, 0.2) is 5.96 Å². The van der Waals surface area contributed by atoms with E-state index in [9.17, 15) is 4.79 Å². The molecule has 5 nitrogen and oxygen atoms in total. The normalized spacial score (nSPS) is 11.1. The SMILES string of the molecule is CCCNC(=O)CNC(=NC)NCc1ccccc1Cl. The Bertz CT molecular complexity index is 462. The Morgan fingerprint density at radius 3 is 2.65 bits per heavy atom. The van der Waals surface area contributed by atoms with Crippen LogP contribution in [0.25, 0.3) is 0 Å². The van der Waals surface area contributed by atoms with Gasteiger partial charge < -0.3 is 16.0 Å². The monoisotopic (exact) mass is 296 g/mol. The van der Waals surface area contributed by atoms with Gasteiger partial charge in [0.2, 0.25) is 5.91 Å². The van der Waals surface area contributed by atoms with Crippen molar-refractivity contribution < 1.29 is 4.79 Å². The van der Waals surface area contributed by atoms with Gasteiger partial charge in [-0.1, -0.05) is 36.7 Å². The molecule has 0 saturated carbocycles. The molecule has 0 heterocycles. The zero-order valence-corrected chi connectivity index (χ0v) is 12.6. The minimum atomic E-state index is -0.0486. The number of rotatable bonds is 6. The molecule has 0 unspecified atom stereocenters. The van der Waals surface area contributed by atoms with Crippen LogP contribution in [0.1, 0.15) is 18.9 Å². The highest BCUT2D eigenvalue weighted by molar-refractivity contribution is 6.31. The molecule has 1 rings (SSSR count). The van der Waals surface area contributed by atoms with Crippen LogP contribution in [0.2, 0.25) is 5.02 Å². The van der Waals surface area contributed by atoms with Crippen molar-refractivity contribution in [1.82, 2.24) is 16.0 Å². The Hall–Kier alpha value is -1.75. The topological polar surface area (TPSA) is 65.5 Å². The highest BCUT2D eigenvalue weighted by Gasteiger charge is 2.04. The van der Waals surface area contributed by atoms with E-state index in [4.69, 9.17) is 11.6 Å². The minimum absolute atomic E-state index is 0.0486. The van der Waals surface area contributed by atoms with E-state index in [0.717, 1.165) is 12.0 Å². The van der Waals surface area contributed by atoms with Gasteiger partial charge in [0.25, 0.3) is 0 Å². The van der Waals surface area contributed by atoms with Crippen molar-refractivity contribution in [3.05, 3.63) is 34.9 Å². The largest absolute Gasteiger partial charge is 0.355 e. The molecule has 110 valence electrons. The maximum absolute atomic E-state index is 11.5. The fraction of sp³-hybridized carbons (Fsp3) is 0.429. The second-order valence-electron chi connectivity index (χ2n) is 4.22. The third-order valence-electron chi connectivity index (χ3n) is 2.62. The van der Waals surface area contributed by atoms with E-state index in [-0.39, 0.29) is 12.5 Å². The second-order valence-corrected chi connectivity index (χ2v) is 4.63. The Labute approximate surface area is 124 Å². The summed E-state index contributed by atoms with van der Waals surface area (Å²) in [6.45, 7) is 3.45. The van der Waals surface area contributed by atoms with Gasteiger partial charge in [-0.05, 0) is 18.1 Å². The Morgan fingerprint density at radius 2 is 2.00 bits per heavy atom. The van der Waals surface area contributed by atoms with Crippen LogP contribution in [-0.2, 0) is 11.3 Å². The van der Waals surface area contributed by atoms with Crippen LogP contribution in [0.5, 0.6) is 0 Å². The third-order valence-corrected chi connectivity index (χ3v) is 2.99. The summed E-state index contributed by atoms with van der Waals surface area (Å²) in [5.74, 6) is 0.518. The summed E-state index contributed by atoms with van der Waals surface area (Å²) in [4.78, 5) is 15.5. The number of amides is 1. The standard InChI is InChI=1S/C14H21ClN4O/c1-3-8-17-13(20)10-19-14(16-2)18-9-11-6-4-5-7-12(11)15/h4-7H,3,8-10H2,1-2H3,(H,17,20)(H2,16,18,19). The molecule has 0 bridgehead atoms. The number of hydrogen-bond donors (Lipinski definition) is 3. The van der Waals surface area contributed by atoms with Gasteiger partial charge in [-0.3, -0.25) is 9.79 Å². The summed E-state index contributed by atoms with van der Waals surface area (Å²) in [5, 5.41) is 9.56. The molecule has 0 aromatic heterocycles. The van der Waals surface area contributed by atoms with Crippen molar-refractivity contribution in [3.63, 3.8) is 0 Å². The van der Waals surface area contributed by atoms with Gasteiger partial charge in [0.05, 0.1) is 6.54 Å². The molecule has 0 spiro atoms. The summed E-state index contributed by atoms with van der Waals surface area (Å²) < 4.78 is 0. The third kappa shape index (κ3) is 5.93. The number of guanidine groups is 1. The van der Waals surface area contributed by atoms with E-state index in [0.29, 0.717) is 24.1 Å². The Kier molecular flexibility index (Phi) is 7.50. The molecule has 0 atom stereocenters. The van der Waals surface area contributed by atoms with Gasteiger partial charge in [-0.2, -0.15) is 0 Å². The summed E-state index contributed by atoms with van der Waals surface area (Å²) in [6.07, 6.45) is 0.922. The summed E-state index contributed by atoms with van der Waals surface area (Å²) >= 11 is 6.07. The number of carbonyl (C=O) groups is 1. The number of aliphatic imine (C=N–C) groups is 1. The van der Waals surface area contributed by atoms with Crippen LogP contribution in [0.15, 0.2) is 29.3 Å². The first kappa shape index (κ1) is 16.3. The fourth-order valence-electron chi connectivity index (χ4n) is 1.53. The number of hydrogen-bond acceptors (Lipinski definition) is 2. The molecule has 0 fully saturated rings. The van der Waals surface area contributed by atoms with Crippen LogP contribution in [-0.4, -0.2) is 32.0 Å². The van der Waals surface area contributed by atoms with Crippen molar-refractivity contribution in [1.29, 1.82) is 0 Å². The van der Waals surface area contributed by atoms with Crippen LogP contribution < -0.4 is 16.0 Å². The van der Waals surface area contributed by atoms with Gasteiger partial charge in [0, 0.05) is 25.2 Å². The first-order valence-electron chi connectivity index (χ1n) is 6.62. The number of nitrogens with zero attached hydrogens (tertiary/aromatic N) is 1. The average molecular weight is 297 g/mol. The number of nitrogens with one attached hydrogen (secondary N) is 3. The molecule has 1 aromatic rings. The fourth-order valence-corrected chi connectivity index (χ4v) is 1.73. The molecule has 20 heavy (non-hydrogen) atoms. The Balaban J connectivity index is 2.37. The molecule has 0 aliphatic heterocycles. The number of carbonyl (C=O) groups excluding carboxylic acids is 1. The molecule has 1 amide bonds. The summed E-state index contributed by atoms with van der Waals surface area (Å²) in [5.41, 5.74) is 0.979. The lowest BCUT2D eigenvalue weighted by Gasteiger charge is -2.12. The average Bonchev–Trinajstić information content (AvgIpc) is 2.46. The maximum atomic E-state index is 11.5. The molecule has 0 aliphatic rings. The van der Waals surface area contributed by atoms with Crippen molar-refractivity contribution >= 4 is 23.5 Å². The van der Waals surface area contributed by atoms with Crippen LogP contribution in [0.3, 0.4) is 0 Å². The highest BCUT2D eigenvalue weighted by Crippen LogP contribution is 2.13. The summed E-state index contributed by atoms with van der Waals surface area (Å²) in [6, 6.07) is 7.60. The molecule has 1 aromatic carbocycles. The van der Waals surface area contributed by atoms with E-state index < -0.39 is 0 Å². The number of halogens is 1. The lowest BCUT2D eigenvalue weighted by molar-refractivity contribution is -0.120. The van der Waals surface area contributed by atoms with E-state index >= 15 is 0 Å². The summed E-state index contributed by atoms with van der Waals surface area (Å²) in [7, 11) is 1.66. The first-order valence-corrected chi connectivity index (χ1v) is 6.99. The molecule has 0 radical (unpaired) electrons. The molecule has 0 saturated heterocycles. The van der Waals surface area contributed by atoms with E-state index in [1.807, 2.05) is 31.2 Å². The molecule has 6 heteroatoms. The van der Waals surface area contributed by atoms with Crippen molar-refractivity contribution in [2.45, 2.75) is 19.9 Å². The highest BCUT2D eigenvalue weighted by atomic mass is 35.5. The molecular formula is C14H21ClN4O. The van der Waals surface area contributed by atoms with Crippen LogP contribution in [0, 0.1) is 0 Å². The van der Waals surface area contributed by atoms with Crippen molar-refractivity contribution in [3.8, 4) is 0 Å². The lowest BCUT2D eigenvalue weighted by Crippen LogP contribution is -2.43. The lowest BCUT2D eigenvalue weighted by atomic mass is 10.2. The van der Waals surface area contributed by atoms with Gasteiger partial charge in [-0.15, -0.1) is 0 Å². The predicted octanol–water partition coefficient (Wildman–Crippen LogP) is 1.53. The smallest absolute Gasteiger partial charge is 0.239 e. The molecule has 3 N–H and O–H groups in total. The number of benzene rings is 1. The predicted molar refractivity (Wildman–Crippen MR) is 83.0 cm³/mol. The first-order chi connectivity index (χ1) is 9.67. The molecular weight excluding hydrogens is 276 g/mol. The quantitative estimate of drug-likeness (QED) is 0.551. The minimum Gasteiger partial charge on any atom is -0.355 e. The zero-order valence-electron chi connectivity index (χ0n) is 11.9. The van der Waals surface area contributed by atoms with Crippen LogP contribution in [0.4, 0.5) is 0 Å². The molecule has 0 aliphatic carbocycles.